The fraction of sp³-hybridized carbons (Fsp3) is 0.393. The zero-order valence-electron chi connectivity index (χ0n) is 24.2. The molecule has 2 aliphatic rings. The Bertz CT molecular complexity index is 1560. The van der Waals surface area contributed by atoms with Crippen molar-refractivity contribution in [3.8, 4) is 0 Å². The highest BCUT2D eigenvalue weighted by atomic mass is 79.9. The highest BCUT2D eigenvalue weighted by Crippen LogP contribution is 2.36. The number of nitrogens with zero attached hydrogens (tertiary/aromatic N) is 5. The Morgan fingerprint density at radius 3 is 2.45 bits per heavy atom. The van der Waals surface area contributed by atoms with Crippen LogP contribution < -0.4 is 16.0 Å². The van der Waals surface area contributed by atoms with Gasteiger partial charge in [-0.05, 0) is 32.4 Å². The number of hydrogen-bond donors (Lipinski definition) is 3. The smallest absolute Gasteiger partial charge is 0.294 e. The number of ether oxygens (including phenoxy) is 1. The average molecular weight is 672 g/mol. The van der Waals surface area contributed by atoms with Crippen LogP contribution in [0.2, 0.25) is 0 Å². The fourth-order valence-corrected chi connectivity index (χ4v) is 5.99. The summed E-state index contributed by atoms with van der Waals surface area (Å²) in [5.74, 6) is -1.36. The number of pyridine rings is 1. The van der Waals surface area contributed by atoms with Gasteiger partial charge in [-0.1, -0.05) is 21.1 Å². The van der Waals surface area contributed by atoms with Crippen molar-refractivity contribution in [2.24, 2.45) is 0 Å². The number of nitrogens with one attached hydrogen (secondary N) is 3. The van der Waals surface area contributed by atoms with E-state index in [9.17, 15) is 24.5 Å². The Morgan fingerprint density at radius 2 is 1.80 bits per heavy atom. The second kappa shape index (κ2) is 13.0. The number of benzene rings is 1. The molecule has 2 aliphatic heterocycles. The van der Waals surface area contributed by atoms with E-state index >= 15 is 0 Å². The summed E-state index contributed by atoms with van der Waals surface area (Å²) < 4.78 is 10.9. The minimum Gasteiger partial charge on any atom is -0.387 e. The van der Waals surface area contributed by atoms with Gasteiger partial charge in [0.25, 0.3) is 17.5 Å². The fourth-order valence-electron chi connectivity index (χ4n) is 5.54. The van der Waals surface area contributed by atoms with E-state index in [-0.39, 0.29) is 47.7 Å². The summed E-state index contributed by atoms with van der Waals surface area (Å²) >= 11 is 3.31. The molecule has 4 atom stereocenters. The number of carbonyl (C=O) groups excluding carboxylic acids is 3. The van der Waals surface area contributed by atoms with Crippen LogP contribution in [-0.2, 0) is 9.53 Å². The first kappa shape index (κ1) is 30.9. The van der Waals surface area contributed by atoms with Gasteiger partial charge in [0.1, 0.15) is 23.7 Å². The molecule has 16 heteroatoms. The first-order valence-electron chi connectivity index (χ1n) is 13.9. The van der Waals surface area contributed by atoms with Crippen LogP contribution >= 0.6 is 15.9 Å². The van der Waals surface area contributed by atoms with Gasteiger partial charge < -0.3 is 35.0 Å². The quantitative estimate of drug-likeness (QED) is 0.236. The zero-order chi connectivity index (χ0) is 31.5. The summed E-state index contributed by atoms with van der Waals surface area (Å²) in [4.78, 5) is 59.7. The number of halogens is 1. The highest BCUT2D eigenvalue weighted by Gasteiger charge is 2.42. The van der Waals surface area contributed by atoms with Crippen molar-refractivity contribution in [1.82, 2.24) is 19.9 Å². The largest absolute Gasteiger partial charge is 0.387 e. The molecule has 1 aromatic carbocycles. The third kappa shape index (κ3) is 6.65. The molecular formula is C28H31BrN8O7. The van der Waals surface area contributed by atoms with Gasteiger partial charge in [0.2, 0.25) is 5.91 Å². The van der Waals surface area contributed by atoms with Crippen LogP contribution in [0.1, 0.15) is 41.0 Å². The van der Waals surface area contributed by atoms with Gasteiger partial charge >= 0.3 is 0 Å². The van der Waals surface area contributed by atoms with E-state index in [1.54, 1.807) is 24.2 Å². The summed E-state index contributed by atoms with van der Waals surface area (Å²) in [6.07, 6.45) is 5.21. The van der Waals surface area contributed by atoms with E-state index in [1.165, 1.54) is 35.7 Å². The maximum Gasteiger partial charge on any atom is 0.294 e. The first-order valence-corrected chi connectivity index (χ1v) is 14.7. The molecular weight excluding hydrogens is 640 g/mol. The molecule has 0 aliphatic carbocycles. The maximum absolute atomic E-state index is 13.8. The predicted octanol–water partition coefficient (Wildman–Crippen LogP) is 3.37. The van der Waals surface area contributed by atoms with Crippen LogP contribution in [0.25, 0.3) is 0 Å². The lowest BCUT2D eigenvalue weighted by atomic mass is 10.1. The lowest BCUT2D eigenvalue weighted by Crippen LogP contribution is -2.48. The van der Waals surface area contributed by atoms with Crippen LogP contribution in [0.15, 0.2) is 52.0 Å². The summed E-state index contributed by atoms with van der Waals surface area (Å²) in [5.41, 5.74) is 0.943. The molecule has 2 aromatic heterocycles. The van der Waals surface area contributed by atoms with Gasteiger partial charge in [-0.2, -0.15) is 0 Å². The Kier molecular flexibility index (Phi) is 9.10. The first-order chi connectivity index (χ1) is 21.0. The topological polar surface area (TPSA) is 185 Å². The van der Waals surface area contributed by atoms with Crippen LogP contribution in [0.5, 0.6) is 0 Å². The van der Waals surface area contributed by atoms with Crippen LogP contribution in [0.3, 0.4) is 0 Å². The molecule has 2 saturated heterocycles. The number of aromatic nitrogens is 2. The molecule has 0 bridgehead atoms. The summed E-state index contributed by atoms with van der Waals surface area (Å²) in [7, 11) is 1.69. The number of likely N-dealkylation sites (tertiary alicyclic amines) is 1. The van der Waals surface area contributed by atoms with Crippen molar-refractivity contribution in [3.05, 3.63) is 68.8 Å². The van der Waals surface area contributed by atoms with Crippen LogP contribution in [-0.4, -0.2) is 93.6 Å². The Balaban J connectivity index is 1.48. The zero-order valence-corrected chi connectivity index (χ0v) is 25.7. The van der Waals surface area contributed by atoms with E-state index in [2.05, 4.69) is 42.0 Å². The number of anilines is 3. The number of morpholine rings is 1. The van der Waals surface area contributed by atoms with Crippen LogP contribution in [0, 0.1) is 10.1 Å². The summed E-state index contributed by atoms with van der Waals surface area (Å²) in [5, 5.41) is 24.6. The third-order valence-electron chi connectivity index (χ3n) is 7.40. The van der Waals surface area contributed by atoms with Crippen molar-refractivity contribution in [1.29, 1.82) is 0 Å². The minimum atomic E-state index is -0.970. The van der Waals surface area contributed by atoms with E-state index in [4.69, 9.17) is 9.26 Å². The Morgan fingerprint density at radius 1 is 1.05 bits per heavy atom. The van der Waals surface area contributed by atoms with Crippen molar-refractivity contribution in [2.45, 2.75) is 44.6 Å². The van der Waals surface area contributed by atoms with Crippen molar-refractivity contribution < 1.29 is 28.6 Å². The molecule has 44 heavy (non-hydrogen) atoms. The number of nitro groups is 1. The minimum absolute atomic E-state index is 0.00587. The SMILES string of the molecule is CNc1cncc(C(=O)N2C[C@H](Nc3c(C(=O)N4C[C@@H](C)O[C@@H](C)C4)cc(Br)cc3[N+](=O)[O-])C[C@H]2C(=O)Nc2cnoc2)c1. The molecule has 2 fully saturated rings. The molecule has 4 heterocycles. The van der Waals surface area contributed by atoms with E-state index < -0.39 is 34.7 Å². The lowest BCUT2D eigenvalue weighted by molar-refractivity contribution is -0.384. The number of amides is 3. The normalized spacial score (nSPS) is 21.5. The number of carbonyl (C=O) groups is 3. The van der Waals surface area contributed by atoms with Crippen molar-refractivity contribution in [3.63, 3.8) is 0 Å². The van der Waals surface area contributed by atoms with Crippen molar-refractivity contribution >= 4 is 56.4 Å². The second-order valence-corrected chi connectivity index (χ2v) is 11.7. The Labute approximate surface area is 260 Å². The number of hydrogen-bond acceptors (Lipinski definition) is 11. The van der Waals surface area contributed by atoms with Gasteiger partial charge in [-0.25, -0.2) is 0 Å². The molecule has 3 N–H and O–H groups in total. The number of rotatable bonds is 8. The molecule has 5 rings (SSSR count). The van der Waals surface area contributed by atoms with Crippen molar-refractivity contribution in [2.75, 3.05) is 42.6 Å². The summed E-state index contributed by atoms with van der Waals surface area (Å²) in [6.45, 7) is 4.36. The van der Waals surface area contributed by atoms with Gasteiger partial charge in [0.05, 0.1) is 40.1 Å². The predicted molar refractivity (Wildman–Crippen MR) is 162 cm³/mol. The lowest BCUT2D eigenvalue weighted by Gasteiger charge is -2.35. The molecule has 0 unspecified atom stereocenters. The molecule has 0 radical (unpaired) electrons. The van der Waals surface area contributed by atoms with E-state index in [1.807, 2.05) is 13.8 Å². The monoisotopic (exact) mass is 670 g/mol. The van der Waals surface area contributed by atoms with Gasteiger partial charge in [-0.15, -0.1) is 0 Å². The van der Waals surface area contributed by atoms with Gasteiger partial charge in [0, 0.05) is 55.7 Å². The molecule has 0 spiro atoms. The third-order valence-corrected chi connectivity index (χ3v) is 7.86. The molecule has 15 nitrogen and oxygen atoms in total. The average Bonchev–Trinajstić information content (AvgIpc) is 3.66. The standard InChI is InChI=1S/C28H31BrN8O7/c1-15-11-35(12-16(2)44-15)28(40)22-5-18(29)6-23(37(41)42)25(22)33-20-7-24(26(38)34-21-10-32-43-14-21)36(13-20)27(39)17-4-19(30-3)9-31-8-17/h4-6,8-10,14-16,20,24,30,33H,7,11-13H2,1-3H3,(H,34,38)/t15-,16+,20-,24+/m1/s1. The highest BCUT2D eigenvalue weighted by molar-refractivity contribution is 9.10. The summed E-state index contributed by atoms with van der Waals surface area (Å²) in [6, 6.07) is 2.86. The molecule has 3 aromatic rings. The molecule has 232 valence electrons. The molecule has 0 saturated carbocycles. The maximum atomic E-state index is 13.8. The second-order valence-electron chi connectivity index (χ2n) is 10.7. The van der Waals surface area contributed by atoms with Gasteiger partial charge in [0.15, 0.2) is 0 Å². The van der Waals surface area contributed by atoms with E-state index in [0.29, 0.717) is 28.9 Å². The van der Waals surface area contributed by atoms with Crippen LogP contribution in [0.4, 0.5) is 22.7 Å². The number of nitro benzene ring substituents is 1. The molecule has 3 amide bonds. The Hall–Kier alpha value is -4.57. The van der Waals surface area contributed by atoms with E-state index in [0.717, 1.165) is 0 Å². The van der Waals surface area contributed by atoms with Gasteiger partial charge in [-0.3, -0.25) is 29.5 Å².